The monoisotopic (exact) mass is 474 g/mol. The number of amides is 1. The molecule has 0 heterocycles. The lowest BCUT2D eigenvalue weighted by Gasteiger charge is -2.22. The Bertz CT molecular complexity index is 1110. The largest absolute Gasteiger partial charge is 0.493 e. The van der Waals surface area contributed by atoms with Crippen LogP contribution in [0.2, 0.25) is 5.02 Å². The normalized spacial score (nSPS) is 10.9. The fourth-order valence-corrected chi connectivity index (χ4v) is 3.64. The third-order valence-corrected chi connectivity index (χ3v) is 5.51. The van der Waals surface area contributed by atoms with E-state index >= 15 is 0 Å². The molecule has 2 rings (SSSR count). The second-order valence-corrected chi connectivity index (χ2v) is 8.47. The van der Waals surface area contributed by atoms with Crippen LogP contribution < -0.4 is 19.1 Å². The molecule has 0 radical (unpaired) electrons. The standard InChI is InChI=1S/C19H20ClFN2O7S/c1-28-16-8-12(19(25)30-3)15(9-17(16)29-2)22-18(24)10-23(31(4,26)27)11-5-6-14(21)13(20)7-11/h5-9H,10H2,1-4H3,(H,22,24). The number of halogens is 2. The molecule has 0 spiro atoms. The van der Waals surface area contributed by atoms with Crippen molar-refractivity contribution in [2.24, 2.45) is 0 Å². The summed E-state index contributed by atoms with van der Waals surface area (Å²) in [5.41, 5.74) is -0.0334. The lowest BCUT2D eigenvalue weighted by molar-refractivity contribution is -0.114. The van der Waals surface area contributed by atoms with E-state index in [2.05, 4.69) is 5.32 Å². The van der Waals surface area contributed by atoms with Crippen LogP contribution in [0.3, 0.4) is 0 Å². The number of methoxy groups -OCH3 is 3. The van der Waals surface area contributed by atoms with E-state index in [1.165, 1.54) is 32.4 Å². The van der Waals surface area contributed by atoms with Gasteiger partial charge in [0.1, 0.15) is 12.4 Å². The number of ether oxygens (including phenoxy) is 3. The molecule has 0 unspecified atom stereocenters. The molecule has 9 nitrogen and oxygen atoms in total. The van der Waals surface area contributed by atoms with Crippen LogP contribution in [-0.4, -0.2) is 54.4 Å². The van der Waals surface area contributed by atoms with Crippen LogP contribution in [-0.2, 0) is 19.6 Å². The van der Waals surface area contributed by atoms with Gasteiger partial charge in [0.15, 0.2) is 11.5 Å². The Balaban J connectivity index is 2.40. The van der Waals surface area contributed by atoms with E-state index in [-0.39, 0.29) is 33.5 Å². The van der Waals surface area contributed by atoms with Gasteiger partial charge in [0.2, 0.25) is 15.9 Å². The molecule has 0 atom stereocenters. The van der Waals surface area contributed by atoms with Crippen molar-refractivity contribution in [2.75, 3.05) is 43.8 Å². The second-order valence-electron chi connectivity index (χ2n) is 6.16. The number of rotatable bonds is 8. The van der Waals surface area contributed by atoms with Crippen molar-refractivity contribution < 1.29 is 36.6 Å². The third kappa shape index (κ3) is 5.76. The maximum absolute atomic E-state index is 13.5. The summed E-state index contributed by atoms with van der Waals surface area (Å²) in [4.78, 5) is 24.8. The number of hydrogen-bond acceptors (Lipinski definition) is 7. The maximum atomic E-state index is 13.5. The predicted octanol–water partition coefficient (Wildman–Crippen LogP) is 2.69. The minimum absolute atomic E-state index is 0.00967. The van der Waals surface area contributed by atoms with Crippen LogP contribution in [0.4, 0.5) is 15.8 Å². The SMILES string of the molecule is COC(=O)c1cc(OC)c(OC)cc1NC(=O)CN(c1ccc(F)c(Cl)c1)S(C)(=O)=O. The van der Waals surface area contributed by atoms with Gasteiger partial charge in [0, 0.05) is 12.1 Å². The van der Waals surface area contributed by atoms with Crippen molar-refractivity contribution in [2.45, 2.75) is 0 Å². The first-order valence-corrected chi connectivity index (χ1v) is 10.8. The van der Waals surface area contributed by atoms with Crippen molar-refractivity contribution >= 4 is 44.9 Å². The number of nitrogens with one attached hydrogen (secondary N) is 1. The first-order valence-electron chi connectivity index (χ1n) is 8.58. The zero-order valence-corrected chi connectivity index (χ0v) is 18.6. The summed E-state index contributed by atoms with van der Waals surface area (Å²) >= 11 is 5.73. The summed E-state index contributed by atoms with van der Waals surface area (Å²) in [6.45, 7) is -0.671. The zero-order valence-electron chi connectivity index (χ0n) is 17.1. The van der Waals surface area contributed by atoms with Crippen molar-refractivity contribution in [1.82, 2.24) is 0 Å². The number of hydrogen-bond donors (Lipinski definition) is 1. The molecule has 1 N–H and O–H groups in total. The molecular weight excluding hydrogens is 455 g/mol. The first-order chi connectivity index (χ1) is 14.5. The lowest BCUT2D eigenvalue weighted by atomic mass is 10.1. The van der Waals surface area contributed by atoms with Crippen LogP contribution >= 0.6 is 11.6 Å². The fraction of sp³-hybridized carbons (Fsp3) is 0.263. The molecule has 12 heteroatoms. The average Bonchev–Trinajstić information content (AvgIpc) is 2.72. The molecule has 2 aromatic carbocycles. The number of anilines is 2. The smallest absolute Gasteiger partial charge is 0.340 e. The molecule has 0 aliphatic rings. The van der Waals surface area contributed by atoms with Crippen LogP contribution in [0.1, 0.15) is 10.4 Å². The topological polar surface area (TPSA) is 111 Å². The number of benzene rings is 2. The lowest BCUT2D eigenvalue weighted by Crippen LogP contribution is -2.37. The van der Waals surface area contributed by atoms with Crippen molar-refractivity contribution in [1.29, 1.82) is 0 Å². The molecule has 0 saturated carbocycles. The summed E-state index contributed by atoms with van der Waals surface area (Å²) in [6, 6.07) is 5.89. The Morgan fingerprint density at radius 3 is 2.23 bits per heavy atom. The number of carbonyl (C=O) groups excluding carboxylic acids is 2. The third-order valence-electron chi connectivity index (χ3n) is 4.08. The van der Waals surface area contributed by atoms with Gasteiger partial charge in [-0.25, -0.2) is 17.6 Å². The van der Waals surface area contributed by atoms with Gasteiger partial charge >= 0.3 is 5.97 Å². The number of carbonyl (C=O) groups is 2. The molecule has 0 aliphatic heterocycles. The minimum atomic E-state index is -3.93. The van der Waals surface area contributed by atoms with Gasteiger partial charge in [0.05, 0.1) is 49.5 Å². The van der Waals surface area contributed by atoms with E-state index in [4.69, 9.17) is 25.8 Å². The summed E-state index contributed by atoms with van der Waals surface area (Å²) in [5, 5.41) is 2.16. The van der Waals surface area contributed by atoms with Crippen LogP contribution in [0.5, 0.6) is 11.5 Å². The van der Waals surface area contributed by atoms with Crippen LogP contribution in [0, 0.1) is 5.82 Å². The fourth-order valence-electron chi connectivity index (χ4n) is 2.62. The van der Waals surface area contributed by atoms with Gasteiger partial charge in [-0.2, -0.15) is 0 Å². The van der Waals surface area contributed by atoms with Gasteiger partial charge in [-0.15, -0.1) is 0 Å². The van der Waals surface area contributed by atoms with Gasteiger partial charge < -0.3 is 19.5 Å². The van der Waals surface area contributed by atoms with E-state index in [0.29, 0.717) is 0 Å². The molecule has 2 aromatic rings. The molecule has 0 saturated heterocycles. The van der Waals surface area contributed by atoms with E-state index in [1.807, 2.05) is 0 Å². The van der Waals surface area contributed by atoms with E-state index < -0.39 is 34.3 Å². The van der Waals surface area contributed by atoms with Crippen LogP contribution in [0.15, 0.2) is 30.3 Å². The van der Waals surface area contributed by atoms with Crippen molar-refractivity contribution in [3.8, 4) is 11.5 Å². The summed E-state index contributed by atoms with van der Waals surface area (Å²) in [7, 11) is -0.0374. The highest BCUT2D eigenvalue weighted by atomic mass is 35.5. The van der Waals surface area contributed by atoms with Gasteiger partial charge in [-0.3, -0.25) is 9.10 Å². The Labute approximate surface area is 183 Å². The Hall–Kier alpha value is -3.05. The average molecular weight is 475 g/mol. The zero-order chi connectivity index (χ0) is 23.3. The van der Waals surface area contributed by atoms with Crippen molar-refractivity contribution in [3.05, 3.63) is 46.7 Å². The second kappa shape index (κ2) is 9.84. The quantitative estimate of drug-likeness (QED) is 0.585. The van der Waals surface area contributed by atoms with E-state index in [0.717, 1.165) is 29.8 Å². The number of sulfonamides is 1. The molecule has 31 heavy (non-hydrogen) atoms. The maximum Gasteiger partial charge on any atom is 0.340 e. The first kappa shape index (κ1) is 24.2. The summed E-state index contributed by atoms with van der Waals surface area (Å²) < 4.78 is 53.7. The molecule has 0 fully saturated rings. The molecule has 0 aromatic heterocycles. The van der Waals surface area contributed by atoms with Gasteiger partial charge in [-0.05, 0) is 18.2 Å². The van der Waals surface area contributed by atoms with Crippen molar-refractivity contribution in [3.63, 3.8) is 0 Å². The van der Waals surface area contributed by atoms with E-state index in [9.17, 15) is 22.4 Å². The number of nitrogens with zero attached hydrogens (tertiary/aromatic N) is 1. The molecule has 0 aliphatic carbocycles. The Morgan fingerprint density at radius 1 is 1.10 bits per heavy atom. The molecule has 0 bridgehead atoms. The van der Waals surface area contributed by atoms with Gasteiger partial charge in [-0.1, -0.05) is 11.6 Å². The molecule has 1 amide bonds. The molecule has 168 valence electrons. The molecular formula is C19H20ClFN2O7S. The highest BCUT2D eigenvalue weighted by Crippen LogP contribution is 2.34. The highest BCUT2D eigenvalue weighted by Gasteiger charge is 2.24. The van der Waals surface area contributed by atoms with Crippen LogP contribution in [0.25, 0.3) is 0 Å². The van der Waals surface area contributed by atoms with Gasteiger partial charge in [0.25, 0.3) is 0 Å². The van der Waals surface area contributed by atoms with E-state index in [1.54, 1.807) is 0 Å². The predicted molar refractivity (Wildman–Crippen MR) is 113 cm³/mol. The summed E-state index contributed by atoms with van der Waals surface area (Å²) in [5.74, 6) is -1.85. The Morgan fingerprint density at radius 2 is 1.71 bits per heavy atom. The number of esters is 1. The highest BCUT2D eigenvalue weighted by molar-refractivity contribution is 7.92. The Kier molecular flexibility index (Phi) is 7.69. The summed E-state index contributed by atoms with van der Waals surface area (Å²) in [6.07, 6.45) is 0.883. The minimum Gasteiger partial charge on any atom is -0.493 e.